The predicted octanol–water partition coefficient (Wildman–Crippen LogP) is 2.78. The van der Waals surface area contributed by atoms with E-state index in [2.05, 4.69) is 17.1 Å². The average molecular weight is 297 g/mol. The van der Waals surface area contributed by atoms with E-state index in [0.717, 1.165) is 38.2 Å². The van der Waals surface area contributed by atoms with E-state index in [0.29, 0.717) is 5.02 Å². The van der Waals surface area contributed by atoms with E-state index in [1.165, 1.54) is 7.11 Å². The van der Waals surface area contributed by atoms with Crippen LogP contribution in [0.1, 0.15) is 19.8 Å². The van der Waals surface area contributed by atoms with Crippen molar-refractivity contribution in [2.45, 2.75) is 25.3 Å². The second kappa shape index (κ2) is 6.46. The summed E-state index contributed by atoms with van der Waals surface area (Å²) in [6, 6.07) is 7.48. The fourth-order valence-electron chi connectivity index (χ4n) is 2.65. The molecule has 0 atom stereocenters. The van der Waals surface area contributed by atoms with Crippen molar-refractivity contribution in [1.82, 2.24) is 4.90 Å². The Kier molecular flexibility index (Phi) is 4.89. The summed E-state index contributed by atoms with van der Waals surface area (Å²) in [5, 5.41) is 3.94. The van der Waals surface area contributed by atoms with Gasteiger partial charge in [0.15, 0.2) is 0 Å². The number of anilines is 1. The largest absolute Gasteiger partial charge is 0.467 e. The molecule has 110 valence electrons. The van der Waals surface area contributed by atoms with Crippen molar-refractivity contribution in [3.8, 4) is 0 Å². The molecule has 0 amide bonds. The van der Waals surface area contributed by atoms with Crippen LogP contribution in [-0.2, 0) is 9.53 Å². The van der Waals surface area contributed by atoms with Crippen LogP contribution in [-0.4, -0.2) is 43.2 Å². The number of hydrogen-bond donors (Lipinski definition) is 1. The van der Waals surface area contributed by atoms with E-state index >= 15 is 0 Å². The number of methoxy groups -OCH3 is 1. The van der Waals surface area contributed by atoms with E-state index in [4.69, 9.17) is 16.3 Å². The van der Waals surface area contributed by atoms with Gasteiger partial charge < -0.3 is 15.0 Å². The summed E-state index contributed by atoms with van der Waals surface area (Å²) in [6.07, 6.45) is 1.44. The minimum atomic E-state index is -0.675. The first-order chi connectivity index (χ1) is 9.61. The van der Waals surface area contributed by atoms with Crippen LogP contribution in [0.3, 0.4) is 0 Å². The molecule has 1 N–H and O–H groups in total. The Morgan fingerprint density at radius 1 is 1.40 bits per heavy atom. The number of esters is 1. The molecule has 0 aliphatic carbocycles. The maximum absolute atomic E-state index is 12.3. The number of carbonyl (C=O) groups excluding carboxylic acids is 1. The highest BCUT2D eigenvalue weighted by Gasteiger charge is 2.42. The minimum Gasteiger partial charge on any atom is -0.467 e. The van der Waals surface area contributed by atoms with Gasteiger partial charge in [0.05, 0.1) is 17.8 Å². The monoisotopic (exact) mass is 296 g/mol. The third kappa shape index (κ3) is 3.07. The van der Waals surface area contributed by atoms with E-state index in [9.17, 15) is 4.79 Å². The van der Waals surface area contributed by atoms with Crippen molar-refractivity contribution >= 4 is 23.3 Å². The van der Waals surface area contributed by atoms with Crippen LogP contribution >= 0.6 is 11.6 Å². The van der Waals surface area contributed by atoms with Gasteiger partial charge in [-0.25, -0.2) is 4.79 Å². The molecule has 0 aromatic heterocycles. The van der Waals surface area contributed by atoms with Crippen molar-refractivity contribution in [3.63, 3.8) is 0 Å². The third-order valence-electron chi connectivity index (χ3n) is 3.98. The fourth-order valence-corrected chi connectivity index (χ4v) is 2.83. The number of halogens is 1. The van der Waals surface area contributed by atoms with E-state index < -0.39 is 5.54 Å². The normalized spacial score (nSPS) is 18.6. The van der Waals surface area contributed by atoms with Crippen molar-refractivity contribution in [1.29, 1.82) is 0 Å². The second-order valence-corrected chi connectivity index (χ2v) is 5.52. The Bertz CT molecular complexity index is 471. The van der Waals surface area contributed by atoms with Crippen LogP contribution in [0.2, 0.25) is 5.02 Å². The number of rotatable bonds is 4. The highest BCUT2D eigenvalue weighted by atomic mass is 35.5. The van der Waals surface area contributed by atoms with Crippen LogP contribution in [0.4, 0.5) is 5.69 Å². The second-order valence-electron chi connectivity index (χ2n) is 5.11. The lowest BCUT2D eigenvalue weighted by atomic mass is 9.87. The number of nitrogens with zero attached hydrogens (tertiary/aromatic N) is 1. The number of hydrogen-bond acceptors (Lipinski definition) is 4. The number of nitrogens with one attached hydrogen (secondary N) is 1. The molecule has 0 spiro atoms. The third-order valence-corrected chi connectivity index (χ3v) is 4.31. The van der Waals surface area contributed by atoms with E-state index in [1.54, 1.807) is 0 Å². The Labute approximate surface area is 125 Å². The van der Waals surface area contributed by atoms with Gasteiger partial charge in [-0.15, -0.1) is 0 Å². The predicted molar refractivity (Wildman–Crippen MR) is 81.2 cm³/mol. The molecule has 1 fully saturated rings. The summed E-state index contributed by atoms with van der Waals surface area (Å²) in [6.45, 7) is 4.89. The Hall–Kier alpha value is -1.26. The number of ether oxygens (including phenoxy) is 1. The zero-order valence-corrected chi connectivity index (χ0v) is 12.7. The highest BCUT2D eigenvalue weighted by Crippen LogP contribution is 2.31. The van der Waals surface area contributed by atoms with Crippen molar-refractivity contribution in [2.75, 3.05) is 32.1 Å². The molecule has 1 aliphatic heterocycles. The summed E-state index contributed by atoms with van der Waals surface area (Å²) >= 11 is 6.18. The maximum Gasteiger partial charge on any atom is 0.331 e. The SMILES string of the molecule is CCN1CCC(Nc2ccccc2Cl)(C(=O)OC)CC1. The van der Waals surface area contributed by atoms with Gasteiger partial charge in [-0.3, -0.25) is 0 Å². The topological polar surface area (TPSA) is 41.6 Å². The summed E-state index contributed by atoms with van der Waals surface area (Å²) in [5.41, 5.74) is 0.107. The average Bonchev–Trinajstić information content (AvgIpc) is 2.49. The van der Waals surface area contributed by atoms with Gasteiger partial charge in [-0.2, -0.15) is 0 Å². The zero-order chi connectivity index (χ0) is 14.6. The lowest BCUT2D eigenvalue weighted by molar-refractivity contribution is -0.147. The first kappa shape index (κ1) is 15.1. The quantitative estimate of drug-likeness (QED) is 0.868. The van der Waals surface area contributed by atoms with Crippen LogP contribution in [0.15, 0.2) is 24.3 Å². The van der Waals surface area contributed by atoms with Gasteiger partial charge >= 0.3 is 5.97 Å². The van der Waals surface area contributed by atoms with Gasteiger partial charge in [0.2, 0.25) is 0 Å². The molecular weight excluding hydrogens is 276 g/mol. The molecule has 2 rings (SSSR count). The summed E-state index contributed by atoms with van der Waals surface area (Å²) in [4.78, 5) is 14.6. The maximum atomic E-state index is 12.3. The molecule has 0 radical (unpaired) electrons. The molecule has 1 aromatic rings. The lowest BCUT2D eigenvalue weighted by Crippen LogP contribution is -2.54. The highest BCUT2D eigenvalue weighted by molar-refractivity contribution is 6.33. The molecule has 1 saturated heterocycles. The molecule has 4 nitrogen and oxygen atoms in total. The minimum absolute atomic E-state index is 0.215. The molecule has 1 heterocycles. The molecule has 20 heavy (non-hydrogen) atoms. The van der Waals surface area contributed by atoms with E-state index in [-0.39, 0.29) is 5.97 Å². The van der Waals surface area contributed by atoms with Gasteiger partial charge in [0, 0.05) is 13.1 Å². The molecule has 0 bridgehead atoms. The van der Waals surface area contributed by atoms with Gasteiger partial charge in [-0.1, -0.05) is 30.7 Å². The molecule has 5 heteroatoms. The lowest BCUT2D eigenvalue weighted by Gasteiger charge is -2.40. The number of para-hydroxylation sites is 1. The number of benzene rings is 1. The number of piperidine rings is 1. The Balaban J connectivity index is 2.21. The first-order valence-corrected chi connectivity index (χ1v) is 7.32. The van der Waals surface area contributed by atoms with Crippen LogP contribution in [0, 0.1) is 0 Å². The summed E-state index contributed by atoms with van der Waals surface area (Å²) < 4.78 is 5.01. The van der Waals surface area contributed by atoms with E-state index in [1.807, 2.05) is 24.3 Å². The van der Waals surface area contributed by atoms with Crippen LogP contribution in [0.25, 0.3) is 0 Å². The van der Waals surface area contributed by atoms with Gasteiger partial charge in [0.1, 0.15) is 5.54 Å². The zero-order valence-electron chi connectivity index (χ0n) is 12.0. The molecule has 1 aliphatic rings. The van der Waals surface area contributed by atoms with Crippen LogP contribution < -0.4 is 5.32 Å². The van der Waals surface area contributed by atoms with Gasteiger partial charge in [-0.05, 0) is 31.5 Å². The molecule has 1 aromatic carbocycles. The van der Waals surface area contributed by atoms with Gasteiger partial charge in [0.25, 0.3) is 0 Å². The summed E-state index contributed by atoms with van der Waals surface area (Å²) in [5.74, 6) is -0.215. The Morgan fingerprint density at radius 2 is 2.05 bits per heavy atom. The number of carbonyl (C=O) groups is 1. The van der Waals surface area contributed by atoms with Crippen molar-refractivity contribution in [3.05, 3.63) is 29.3 Å². The first-order valence-electron chi connectivity index (χ1n) is 6.95. The standard InChI is InChI=1S/C15H21ClN2O2/c1-3-18-10-8-15(9-11-18,14(19)20-2)17-13-7-5-4-6-12(13)16/h4-7,17H,3,8-11H2,1-2H3. The Morgan fingerprint density at radius 3 is 2.60 bits per heavy atom. The van der Waals surface area contributed by atoms with Crippen molar-refractivity contribution < 1.29 is 9.53 Å². The summed E-state index contributed by atoms with van der Waals surface area (Å²) in [7, 11) is 1.44. The van der Waals surface area contributed by atoms with Crippen molar-refractivity contribution in [2.24, 2.45) is 0 Å². The fraction of sp³-hybridized carbons (Fsp3) is 0.533. The number of likely N-dealkylation sites (tertiary alicyclic amines) is 1. The molecule has 0 saturated carbocycles. The molecule has 0 unspecified atom stereocenters. The van der Waals surface area contributed by atoms with Crippen LogP contribution in [0.5, 0.6) is 0 Å². The smallest absolute Gasteiger partial charge is 0.331 e. The molecular formula is C15H21ClN2O2.